The quantitative estimate of drug-likeness (QED) is 0.0429. The third kappa shape index (κ3) is 50.4. The molecular weight excluding hydrogens is 916 g/mol. The molecule has 11 nitrogen and oxygen atoms in total. The molecule has 7 unspecified atom stereocenters. The second-order valence-electron chi connectivity index (χ2n) is 22.5. The maximum Gasteiger partial charge on any atom is 0.332 e. The van der Waals surface area contributed by atoms with Crippen LogP contribution in [0.5, 0.6) is 0 Å². The molecule has 0 spiro atoms. The number of rotatable bonds is 57. The highest BCUT2D eigenvalue weighted by Gasteiger charge is 2.23. The van der Waals surface area contributed by atoms with Crippen molar-refractivity contribution in [3.8, 4) is 0 Å². The molecule has 0 amide bonds. The summed E-state index contributed by atoms with van der Waals surface area (Å²) in [4.78, 5) is 0. The lowest BCUT2D eigenvalue weighted by molar-refractivity contribution is -0.0723. The zero-order valence-corrected chi connectivity index (χ0v) is 49.9. The fourth-order valence-corrected chi connectivity index (χ4v) is 10.5. The van der Waals surface area contributed by atoms with Gasteiger partial charge >= 0.3 is 7.60 Å². The monoisotopic (exact) mass is 1040 g/mol. The first kappa shape index (κ1) is 70.8. The Morgan fingerprint density at radius 2 is 0.577 bits per heavy atom. The van der Waals surface area contributed by atoms with Crippen LogP contribution >= 0.6 is 7.60 Å². The Morgan fingerprint density at radius 3 is 0.901 bits per heavy atom. The summed E-state index contributed by atoms with van der Waals surface area (Å²) in [6.07, 6.45) is 26.8. The molecule has 0 saturated heterocycles. The highest BCUT2D eigenvalue weighted by atomic mass is 31.2. The largest absolute Gasteiger partial charge is 0.379 e. The maximum absolute atomic E-state index is 12.4. The van der Waals surface area contributed by atoms with Crippen LogP contribution in [0.15, 0.2) is 0 Å². The van der Waals surface area contributed by atoms with Gasteiger partial charge in [-0.05, 0) is 74.0 Å². The molecule has 428 valence electrons. The molecular formula is C59H121O11P. The van der Waals surface area contributed by atoms with Gasteiger partial charge in [0.2, 0.25) is 0 Å². The molecule has 0 radical (unpaired) electrons. The minimum absolute atomic E-state index is 0.0791. The van der Waals surface area contributed by atoms with Crippen LogP contribution in [0.3, 0.4) is 0 Å². The Kier molecular flexibility index (Phi) is 50.5. The molecule has 0 N–H and O–H groups in total. The average molecular weight is 1040 g/mol. The minimum atomic E-state index is -3.07. The Bertz CT molecular complexity index is 1120. The molecule has 0 aliphatic rings. The number of ether oxygens (including phenoxy) is 8. The summed E-state index contributed by atoms with van der Waals surface area (Å²) >= 11 is 0. The fourth-order valence-electron chi connectivity index (χ4n) is 9.00. The molecule has 0 fully saturated rings. The van der Waals surface area contributed by atoms with Crippen molar-refractivity contribution in [1.29, 1.82) is 0 Å². The Hall–Kier alpha value is -0.170. The van der Waals surface area contributed by atoms with Gasteiger partial charge in [-0.15, -0.1) is 0 Å². The summed E-state index contributed by atoms with van der Waals surface area (Å²) in [6, 6.07) is 0. The van der Waals surface area contributed by atoms with E-state index in [1.54, 1.807) is 13.8 Å². The predicted molar refractivity (Wildman–Crippen MR) is 298 cm³/mol. The van der Waals surface area contributed by atoms with E-state index in [0.29, 0.717) is 111 Å². The van der Waals surface area contributed by atoms with E-state index in [1.165, 1.54) is 116 Å². The maximum atomic E-state index is 12.4. The molecule has 0 heterocycles. The SMILES string of the molecule is CCOP(=O)(CCOCCOCCOCCOCCOCCOCC(COCCC(C)CCCC(C)CCCC(C)CCCC(C)C)OCCC(C)CCCC(C)CCCC(C)CCCC(C)C)OCC. The minimum Gasteiger partial charge on any atom is -0.379 e. The van der Waals surface area contributed by atoms with E-state index in [1.807, 2.05) is 0 Å². The van der Waals surface area contributed by atoms with Crippen LogP contribution < -0.4 is 0 Å². The van der Waals surface area contributed by atoms with Crippen molar-refractivity contribution in [2.75, 3.05) is 118 Å². The highest BCUT2D eigenvalue weighted by molar-refractivity contribution is 7.53. The van der Waals surface area contributed by atoms with Crippen LogP contribution in [-0.4, -0.2) is 125 Å². The van der Waals surface area contributed by atoms with Crippen LogP contribution in [0, 0.1) is 47.3 Å². The number of hydrogen-bond donors (Lipinski definition) is 0. The van der Waals surface area contributed by atoms with Crippen molar-refractivity contribution in [1.82, 2.24) is 0 Å². The van der Waals surface area contributed by atoms with Gasteiger partial charge in [0.1, 0.15) is 6.10 Å². The third-order valence-electron chi connectivity index (χ3n) is 13.9. The lowest BCUT2D eigenvalue weighted by Crippen LogP contribution is -2.28. The van der Waals surface area contributed by atoms with Gasteiger partial charge < -0.3 is 46.9 Å². The predicted octanol–water partition coefficient (Wildman–Crippen LogP) is 15.7. The molecule has 0 aromatic carbocycles. The van der Waals surface area contributed by atoms with Crippen molar-refractivity contribution in [2.24, 2.45) is 47.3 Å². The molecule has 0 aromatic rings. The third-order valence-corrected chi connectivity index (χ3v) is 15.9. The van der Waals surface area contributed by atoms with E-state index in [0.717, 1.165) is 61.6 Å². The van der Waals surface area contributed by atoms with Gasteiger partial charge in [-0.2, -0.15) is 0 Å². The normalized spacial score (nSPS) is 15.4. The molecule has 0 aliphatic heterocycles. The summed E-state index contributed by atoms with van der Waals surface area (Å²) in [5.74, 6) is 6.38. The highest BCUT2D eigenvalue weighted by Crippen LogP contribution is 2.47. The average Bonchev–Trinajstić information content (AvgIpc) is 3.30. The van der Waals surface area contributed by atoms with Gasteiger partial charge in [0, 0.05) is 13.2 Å². The first-order chi connectivity index (χ1) is 34.2. The lowest BCUT2D eigenvalue weighted by Gasteiger charge is -2.21. The van der Waals surface area contributed by atoms with Gasteiger partial charge in [0.25, 0.3) is 0 Å². The molecule has 0 saturated carbocycles. The Labute approximate surface area is 441 Å². The molecule has 0 aromatic heterocycles. The lowest BCUT2D eigenvalue weighted by atomic mass is 9.91. The van der Waals surface area contributed by atoms with Crippen molar-refractivity contribution in [3.05, 3.63) is 0 Å². The summed E-state index contributed by atoms with van der Waals surface area (Å²) < 4.78 is 69.8. The first-order valence-electron chi connectivity index (χ1n) is 29.7. The van der Waals surface area contributed by atoms with E-state index in [-0.39, 0.29) is 12.3 Å². The Balaban J connectivity index is 4.39. The molecule has 0 rings (SSSR count). The fraction of sp³-hybridized carbons (Fsp3) is 1.00. The van der Waals surface area contributed by atoms with E-state index >= 15 is 0 Å². The second-order valence-corrected chi connectivity index (χ2v) is 24.6. The van der Waals surface area contributed by atoms with Gasteiger partial charge in [-0.1, -0.05) is 185 Å². The van der Waals surface area contributed by atoms with E-state index in [2.05, 4.69) is 69.2 Å². The summed E-state index contributed by atoms with van der Waals surface area (Å²) in [7, 11) is -3.07. The van der Waals surface area contributed by atoms with Crippen molar-refractivity contribution in [2.45, 2.75) is 218 Å². The molecule has 0 bridgehead atoms. The molecule has 0 aliphatic carbocycles. The molecule has 7 atom stereocenters. The van der Waals surface area contributed by atoms with E-state index in [4.69, 9.17) is 46.9 Å². The smallest absolute Gasteiger partial charge is 0.332 e. The van der Waals surface area contributed by atoms with Crippen LogP contribution in [0.4, 0.5) is 0 Å². The van der Waals surface area contributed by atoms with Gasteiger partial charge in [0.05, 0.1) is 105 Å². The number of hydrogen-bond acceptors (Lipinski definition) is 11. The molecule has 12 heteroatoms. The van der Waals surface area contributed by atoms with E-state index in [9.17, 15) is 4.57 Å². The van der Waals surface area contributed by atoms with Crippen LogP contribution in [0.1, 0.15) is 212 Å². The van der Waals surface area contributed by atoms with Crippen LogP contribution in [0.2, 0.25) is 0 Å². The van der Waals surface area contributed by atoms with Crippen molar-refractivity contribution >= 4 is 7.60 Å². The van der Waals surface area contributed by atoms with Crippen LogP contribution in [-0.2, 0) is 51.5 Å². The van der Waals surface area contributed by atoms with Crippen LogP contribution in [0.25, 0.3) is 0 Å². The van der Waals surface area contributed by atoms with Gasteiger partial charge in [-0.25, -0.2) is 0 Å². The zero-order valence-electron chi connectivity index (χ0n) is 49.0. The Morgan fingerprint density at radius 1 is 0.310 bits per heavy atom. The second kappa shape index (κ2) is 50.6. The summed E-state index contributed by atoms with van der Waals surface area (Å²) in [6.45, 7) is 35.9. The first-order valence-corrected chi connectivity index (χ1v) is 31.5. The summed E-state index contributed by atoms with van der Waals surface area (Å²) in [5.41, 5.74) is 0. The van der Waals surface area contributed by atoms with E-state index < -0.39 is 7.60 Å². The van der Waals surface area contributed by atoms with Crippen molar-refractivity contribution in [3.63, 3.8) is 0 Å². The van der Waals surface area contributed by atoms with Crippen molar-refractivity contribution < 1.29 is 51.5 Å². The topological polar surface area (TPSA) is 109 Å². The molecule has 71 heavy (non-hydrogen) atoms. The van der Waals surface area contributed by atoms with Gasteiger partial charge in [0.15, 0.2) is 0 Å². The summed E-state index contributed by atoms with van der Waals surface area (Å²) in [5, 5.41) is 0. The zero-order chi connectivity index (χ0) is 52.6. The van der Waals surface area contributed by atoms with Gasteiger partial charge in [-0.3, -0.25) is 4.57 Å². The standard InChI is InChI=1S/C59H121O11P/c1-13-69-71(60,70-14-2)48-47-65-44-43-63-40-39-61-37-38-62-41-42-64-45-46-67-50-59(68-36-34-58(12)32-20-30-56(10)28-18-26-54(8)24-16-22-52(5)6)49-66-35-33-57(11)31-19-29-55(9)27-17-25-53(7)23-15-21-51(3)4/h51-59H,13-50H2,1-12H3.